The summed E-state index contributed by atoms with van der Waals surface area (Å²) in [5.41, 5.74) is 0. The zero-order valence-electron chi connectivity index (χ0n) is 9.76. The highest BCUT2D eigenvalue weighted by Gasteiger charge is 2.00. The van der Waals surface area contributed by atoms with E-state index in [-0.39, 0.29) is 24.1 Å². The molecule has 0 heterocycles. The second kappa shape index (κ2) is 8.70. The summed E-state index contributed by atoms with van der Waals surface area (Å²) in [6, 6.07) is 0. The molecule has 3 N–H and O–H groups in total. The Kier molecular flexibility index (Phi) is 7.83. The number of carbonyl (C=O) groups is 3. The number of hydrogen-bond acceptors (Lipinski definition) is 3. The molecule has 0 saturated carbocycles. The van der Waals surface area contributed by atoms with Crippen LogP contribution in [-0.4, -0.2) is 37.4 Å². The Morgan fingerprint density at radius 3 is 1.88 bits per heavy atom. The standard InChI is InChI=1S/C10H19N3O3/c1-8(14)11-5-3-6-13-10(16)4-7-12-9(2)15/h3-7H2,1-2H3,(H,11,14)(H,12,15)(H,13,16). The van der Waals surface area contributed by atoms with Gasteiger partial charge in [-0.05, 0) is 6.42 Å². The van der Waals surface area contributed by atoms with Crippen LogP contribution in [0.5, 0.6) is 0 Å². The topological polar surface area (TPSA) is 87.3 Å². The summed E-state index contributed by atoms with van der Waals surface area (Å²) in [6.45, 7) is 4.30. The number of nitrogens with one attached hydrogen (secondary N) is 3. The van der Waals surface area contributed by atoms with E-state index in [9.17, 15) is 14.4 Å². The average molecular weight is 229 g/mol. The third kappa shape index (κ3) is 10.5. The summed E-state index contributed by atoms with van der Waals surface area (Å²) in [4.78, 5) is 32.2. The van der Waals surface area contributed by atoms with Crippen molar-refractivity contribution < 1.29 is 14.4 Å². The molecule has 0 aliphatic heterocycles. The molecule has 0 fully saturated rings. The van der Waals surface area contributed by atoms with Gasteiger partial charge in [-0.2, -0.15) is 0 Å². The van der Waals surface area contributed by atoms with Crippen LogP contribution in [0.4, 0.5) is 0 Å². The predicted molar refractivity (Wildman–Crippen MR) is 59.6 cm³/mol. The van der Waals surface area contributed by atoms with E-state index in [0.29, 0.717) is 26.1 Å². The monoisotopic (exact) mass is 229 g/mol. The summed E-state index contributed by atoms with van der Waals surface area (Å²) < 4.78 is 0. The van der Waals surface area contributed by atoms with E-state index in [2.05, 4.69) is 16.0 Å². The van der Waals surface area contributed by atoms with E-state index in [4.69, 9.17) is 0 Å². The molecule has 0 rings (SSSR count). The van der Waals surface area contributed by atoms with Crippen LogP contribution in [0.3, 0.4) is 0 Å². The molecule has 0 aromatic heterocycles. The Balaban J connectivity index is 3.30. The summed E-state index contributed by atoms with van der Waals surface area (Å²) in [7, 11) is 0. The zero-order valence-corrected chi connectivity index (χ0v) is 9.76. The van der Waals surface area contributed by atoms with Crippen LogP contribution < -0.4 is 16.0 Å². The molecule has 0 aliphatic carbocycles. The molecule has 0 aromatic carbocycles. The van der Waals surface area contributed by atoms with Crippen LogP contribution in [0.25, 0.3) is 0 Å². The van der Waals surface area contributed by atoms with Crippen LogP contribution in [0, 0.1) is 0 Å². The number of hydrogen-bond donors (Lipinski definition) is 3. The minimum Gasteiger partial charge on any atom is -0.356 e. The second-order valence-corrected chi connectivity index (χ2v) is 3.42. The van der Waals surface area contributed by atoms with Crippen molar-refractivity contribution in [3.8, 4) is 0 Å². The van der Waals surface area contributed by atoms with Gasteiger partial charge in [-0.1, -0.05) is 0 Å². The Morgan fingerprint density at radius 2 is 1.31 bits per heavy atom. The van der Waals surface area contributed by atoms with Gasteiger partial charge in [0.1, 0.15) is 0 Å². The van der Waals surface area contributed by atoms with Crippen LogP contribution >= 0.6 is 0 Å². The molecule has 6 heteroatoms. The summed E-state index contributed by atoms with van der Waals surface area (Å²) in [5.74, 6) is -0.313. The molecule has 0 atom stereocenters. The molecule has 0 bridgehead atoms. The molecule has 0 aromatic rings. The van der Waals surface area contributed by atoms with E-state index in [1.54, 1.807) is 0 Å². The maximum absolute atomic E-state index is 11.2. The molecular formula is C10H19N3O3. The first-order chi connectivity index (χ1) is 7.52. The lowest BCUT2D eigenvalue weighted by Gasteiger charge is -2.05. The van der Waals surface area contributed by atoms with Crippen molar-refractivity contribution in [2.45, 2.75) is 26.7 Å². The van der Waals surface area contributed by atoms with Gasteiger partial charge in [0.2, 0.25) is 17.7 Å². The minimum absolute atomic E-state index is 0.0722. The SMILES string of the molecule is CC(=O)NCCCNC(=O)CCNC(C)=O. The number of carbonyl (C=O) groups excluding carboxylic acids is 3. The van der Waals surface area contributed by atoms with E-state index >= 15 is 0 Å². The number of rotatable bonds is 7. The zero-order chi connectivity index (χ0) is 12.4. The third-order valence-corrected chi connectivity index (χ3v) is 1.78. The van der Waals surface area contributed by atoms with Crippen LogP contribution in [-0.2, 0) is 14.4 Å². The van der Waals surface area contributed by atoms with Crippen molar-refractivity contribution >= 4 is 17.7 Å². The van der Waals surface area contributed by atoms with E-state index in [1.807, 2.05) is 0 Å². The van der Waals surface area contributed by atoms with Crippen molar-refractivity contribution in [2.24, 2.45) is 0 Å². The van der Waals surface area contributed by atoms with Crippen molar-refractivity contribution in [1.29, 1.82) is 0 Å². The molecule has 0 aliphatic rings. The molecule has 92 valence electrons. The molecule has 0 radical (unpaired) electrons. The first-order valence-electron chi connectivity index (χ1n) is 5.28. The normalized spacial score (nSPS) is 9.38. The first kappa shape index (κ1) is 14.4. The lowest BCUT2D eigenvalue weighted by atomic mass is 10.3. The Labute approximate surface area is 95.2 Å². The van der Waals surface area contributed by atoms with E-state index in [0.717, 1.165) is 0 Å². The fourth-order valence-electron chi connectivity index (χ4n) is 1.02. The highest BCUT2D eigenvalue weighted by molar-refractivity contribution is 5.77. The highest BCUT2D eigenvalue weighted by atomic mass is 16.2. The van der Waals surface area contributed by atoms with Gasteiger partial charge in [0.25, 0.3) is 0 Å². The lowest BCUT2D eigenvalue weighted by molar-refractivity contribution is -0.121. The quantitative estimate of drug-likeness (QED) is 0.497. The Hall–Kier alpha value is -1.59. The fourth-order valence-corrected chi connectivity index (χ4v) is 1.02. The van der Waals surface area contributed by atoms with Crippen LogP contribution in [0.2, 0.25) is 0 Å². The molecule has 16 heavy (non-hydrogen) atoms. The van der Waals surface area contributed by atoms with Gasteiger partial charge >= 0.3 is 0 Å². The van der Waals surface area contributed by atoms with Gasteiger partial charge in [0.15, 0.2) is 0 Å². The molecule has 0 saturated heterocycles. The van der Waals surface area contributed by atoms with Gasteiger partial charge in [-0.25, -0.2) is 0 Å². The summed E-state index contributed by atoms with van der Waals surface area (Å²) in [6.07, 6.45) is 0.977. The third-order valence-electron chi connectivity index (χ3n) is 1.78. The maximum atomic E-state index is 11.2. The molecule has 3 amide bonds. The average Bonchev–Trinajstić information content (AvgIpc) is 2.16. The number of amides is 3. The second-order valence-electron chi connectivity index (χ2n) is 3.42. The van der Waals surface area contributed by atoms with Gasteiger partial charge in [0.05, 0.1) is 0 Å². The van der Waals surface area contributed by atoms with Gasteiger partial charge in [0, 0.05) is 39.9 Å². The lowest BCUT2D eigenvalue weighted by Crippen LogP contribution is -2.31. The van der Waals surface area contributed by atoms with Crippen molar-refractivity contribution in [2.75, 3.05) is 19.6 Å². The largest absolute Gasteiger partial charge is 0.356 e. The first-order valence-corrected chi connectivity index (χ1v) is 5.28. The van der Waals surface area contributed by atoms with Gasteiger partial charge < -0.3 is 16.0 Å². The maximum Gasteiger partial charge on any atom is 0.221 e. The molecule has 0 unspecified atom stereocenters. The summed E-state index contributed by atoms with van der Waals surface area (Å²) >= 11 is 0. The van der Waals surface area contributed by atoms with Gasteiger partial charge in [-0.15, -0.1) is 0 Å². The Bertz CT molecular complexity index is 254. The highest BCUT2D eigenvalue weighted by Crippen LogP contribution is 1.80. The van der Waals surface area contributed by atoms with Crippen molar-refractivity contribution in [3.63, 3.8) is 0 Å². The van der Waals surface area contributed by atoms with Crippen LogP contribution in [0.15, 0.2) is 0 Å². The molecule has 6 nitrogen and oxygen atoms in total. The molecule has 0 spiro atoms. The van der Waals surface area contributed by atoms with Crippen molar-refractivity contribution in [3.05, 3.63) is 0 Å². The van der Waals surface area contributed by atoms with E-state index < -0.39 is 0 Å². The fraction of sp³-hybridized carbons (Fsp3) is 0.700. The predicted octanol–water partition coefficient (Wildman–Crippen LogP) is -0.845. The smallest absolute Gasteiger partial charge is 0.221 e. The van der Waals surface area contributed by atoms with Crippen LogP contribution in [0.1, 0.15) is 26.7 Å². The minimum atomic E-state index is -0.140. The van der Waals surface area contributed by atoms with Crippen molar-refractivity contribution in [1.82, 2.24) is 16.0 Å². The van der Waals surface area contributed by atoms with E-state index in [1.165, 1.54) is 13.8 Å². The molecular weight excluding hydrogens is 210 g/mol. The Morgan fingerprint density at radius 1 is 0.812 bits per heavy atom. The summed E-state index contributed by atoms with van der Waals surface area (Å²) in [5, 5.41) is 7.85. The van der Waals surface area contributed by atoms with Gasteiger partial charge in [-0.3, -0.25) is 14.4 Å².